The second kappa shape index (κ2) is 5.07. The van der Waals surface area contributed by atoms with Crippen LogP contribution in [0.15, 0.2) is 21.1 Å². The van der Waals surface area contributed by atoms with Gasteiger partial charge in [-0.3, -0.25) is 0 Å². The molecule has 3 N–H and O–H groups in total. The summed E-state index contributed by atoms with van der Waals surface area (Å²) in [5, 5.41) is 9.64. The van der Waals surface area contributed by atoms with Crippen LogP contribution in [0.2, 0.25) is 0 Å². The SMILES string of the molecule is N[C@H](c1cc(Br)c(O)c(Br)c1)C1CCCC1. The Kier molecular flexibility index (Phi) is 3.93. The van der Waals surface area contributed by atoms with E-state index < -0.39 is 0 Å². The number of phenolic OH excluding ortho intramolecular Hbond substituents is 1. The molecule has 2 nitrogen and oxygen atoms in total. The zero-order valence-electron chi connectivity index (χ0n) is 8.92. The first-order chi connectivity index (χ1) is 7.59. The fraction of sp³-hybridized carbons (Fsp3) is 0.500. The van der Waals surface area contributed by atoms with E-state index in [9.17, 15) is 5.11 Å². The fourth-order valence-corrected chi connectivity index (χ4v) is 3.59. The molecule has 88 valence electrons. The Balaban J connectivity index is 2.26. The maximum atomic E-state index is 9.64. The standard InChI is InChI=1S/C12H15Br2NO/c13-9-5-8(6-10(14)12(9)16)11(15)7-3-1-2-4-7/h5-7,11,16H,1-4,15H2/t11-/m0/s1. The molecule has 0 heterocycles. The summed E-state index contributed by atoms with van der Waals surface area (Å²) in [6.07, 6.45) is 5.02. The van der Waals surface area contributed by atoms with Crippen molar-refractivity contribution in [3.8, 4) is 5.75 Å². The minimum atomic E-state index is 0.0794. The topological polar surface area (TPSA) is 46.2 Å². The Bertz CT molecular complexity index is 366. The van der Waals surface area contributed by atoms with E-state index in [1.54, 1.807) is 0 Å². The van der Waals surface area contributed by atoms with Crippen LogP contribution in [0.5, 0.6) is 5.75 Å². The highest BCUT2D eigenvalue weighted by Crippen LogP contribution is 2.39. The van der Waals surface area contributed by atoms with Crippen molar-refractivity contribution in [1.29, 1.82) is 0 Å². The van der Waals surface area contributed by atoms with E-state index in [1.165, 1.54) is 25.7 Å². The summed E-state index contributed by atoms with van der Waals surface area (Å²) < 4.78 is 1.40. The fourth-order valence-electron chi connectivity index (χ4n) is 2.37. The molecule has 1 aliphatic rings. The molecule has 0 bridgehead atoms. The van der Waals surface area contributed by atoms with Gasteiger partial charge in [0.15, 0.2) is 0 Å². The number of aromatic hydroxyl groups is 1. The third-order valence-corrected chi connectivity index (χ3v) is 4.54. The van der Waals surface area contributed by atoms with Crippen LogP contribution in [-0.4, -0.2) is 5.11 Å². The smallest absolute Gasteiger partial charge is 0.143 e. The average molecular weight is 349 g/mol. The minimum absolute atomic E-state index is 0.0794. The minimum Gasteiger partial charge on any atom is -0.506 e. The zero-order chi connectivity index (χ0) is 11.7. The van der Waals surface area contributed by atoms with Gasteiger partial charge >= 0.3 is 0 Å². The van der Waals surface area contributed by atoms with E-state index in [2.05, 4.69) is 31.9 Å². The number of nitrogens with two attached hydrogens (primary N) is 1. The van der Waals surface area contributed by atoms with Gasteiger partial charge in [-0.05, 0) is 68.3 Å². The van der Waals surface area contributed by atoms with Gasteiger partial charge < -0.3 is 10.8 Å². The third-order valence-electron chi connectivity index (χ3n) is 3.33. The van der Waals surface area contributed by atoms with Gasteiger partial charge in [0.2, 0.25) is 0 Å². The Morgan fingerprint density at radius 3 is 2.19 bits per heavy atom. The quantitative estimate of drug-likeness (QED) is 0.844. The summed E-state index contributed by atoms with van der Waals surface area (Å²) in [5.41, 5.74) is 7.35. The first kappa shape index (κ1) is 12.4. The van der Waals surface area contributed by atoms with Gasteiger partial charge in [0, 0.05) is 6.04 Å². The van der Waals surface area contributed by atoms with Gasteiger partial charge in [-0.25, -0.2) is 0 Å². The molecule has 1 aromatic carbocycles. The van der Waals surface area contributed by atoms with E-state index in [0.29, 0.717) is 14.9 Å². The maximum Gasteiger partial charge on any atom is 0.143 e. The molecule has 0 spiro atoms. The highest BCUT2D eigenvalue weighted by atomic mass is 79.9. The van der Waals surface area contributed by atoms with E-state index >= 15 is 0 Å². The molecule has 0 saturated heterocycles. The molecule has 0 amide bonds. The molecule has 1 saturated carbocycles. The van der Waals surface area contributed by atoms with Gasteiger partial charge in [-0.15, -0.1) is 0 Å². The van der Waals surface area contributed by atoms with Crippen LogP contribution in [0.25, 0.3) is 0 Å². The molecule has 0 aromatic heterocycles. The van der Waals surface area contributed by atoms with Crippen LogP contribution in [0.4, 0.5) is 0 Å². The van der Waals surface area contributed by atoms with Crippen LogP contribution in [0.3, 0.4) is 0 Å². The summed E-state index contributed by atoms with van der Waals surface area (Å²) in [6.45, 7) is 0. The molecule has 1 aliphatic carbocycles. The van der Waals surface area contributed by atoms with Gasteiger partial charge in [-0.2, -0.15) is 0 Å². The number of phenols is 1. The van der Waals surface area contributed by atoms with Crippen LogP contribution < -0.4 is 5.73 Å². The molecular formula is C12H15Br2NO. The summed E-state index contributed by atoms with van der Waals surface area (Å²) in [6, 6.07) is 3.92. The van der Waals surface area contributed by atoms with E-state index in [4.69, 9.17) is 5.73 Å². The van der Waals surface area contributed by atoms with Gasteiger partial charge in [0.25, 0.3) is 0 Å². The molecular weight excluding hydrogens is 334 g/mol. The van der Waals surface area contributed by atoms with Crippen LogP contribution in [0, 0.1) is 5.92 Å². The van der Waals surface area contributed by atoms with E-state index in [-0.39, 0.29) is 11.8 Å². The molecule has 0 aliphatic heterocycles. The second-order valence-corrected chi connectivity index (χ2v) is 6.11. The number of benzene rings is 1. The molecule has 1 fully saturated rings. The normalized spacial score (nSPS) is 18.9. The Hall–Kier alpha value is -0.0600. The lowest BCUT2D eigenvalue weighted by atomic mass is 9.92. The van der Waals surface area contributed by atoms with Gasteiger partial charge in [0.05, 0.1) is 8.95 Å². The van der Waals surface area contributed by atoms with Crippen molar-refractivity contribution in [3.63, 3.8) is 0 Å². The van der Waals surface area contributed by atoms with Crippen molar-refractivity contribution in [2.45, 2.75) is 31.7 Å². The average Bonchev–Trinajstić information content (AvgIpc) is 2.77. The summed E-state index contributed by atoms with van der Waals surface area (Å²) in [7, 11) is 0. The Morgan fingerprint density at radius 2 is 1.69 bits per heavy atom. The zero-order valence-corrected chi connectivity index (χ0v) is 12.1. The number of hydrogen-bond acceptors (Lipinski definition) is 2. The molecule has 16 heavy (non-hydrogen) atoms. The van der Waals surface area contributed by atoms with Crippen molar-refractivity contribution in [2.75, 3.05) is 0 Å². The first-order valence-electron chi connectivity index (χ1n) is 5.53. The van der Waals surface area contributed by atoms with Crippen molar-refractivity contribution < 1.29 is 5.11 Å². The van der Waals surface area contributed by atoms with Crippen molar-refractivity contribution in [2.24, 2.45) is 11.7 Å². The lowest BCUT2D eigenvalue weighted by Crippen LogP contribution is -2.19. The summed E-state index contributed by atoms with van der Waals surface area (Å²) in [5.74, 6) is 0.825. The van der Waals surface area contributed by atoms with E-state index in [0.717, 1.165) is 5.56 Å². The van der Waals surface area contributed by atoms with Gasteiger partial charge in [-0.1, -0.05) is 12.8 Å². The lowest BCUT2D eigenvalue weighted by Gasteiger charge is -2.20. The predicted octanol–water partition coefficient (Wildman–Crippen LogP) is 4.11. The molecule has 0 unspecified atom stereocenters. The number of rotatable bonds is 2. The maximum absolute atomic E-state index is 9.64. The van der Waals surface area contributed by atoms with Crippen LogP contribution in [-0.2, 0) is 0 Å². The largest absolute Gasteiger partial charge is 0.506 e. The molecule has 1 atom stereocenters. The summed E-state index contributed by atoms with van der Waals surface area (Å²) >= 11 is 6.68. The van der Waals surface area contributed by atoms with Gasteiger partial charge in [0.1, 0.15) is 5.75 Å². The highest BCUT2D eigenvalue weighted by Gasteiger charge is 2.24. The Labute approximate surface area is 112 Å². The Morgan fingerprint density at radius 1 is 1.19 bits per heavy atom. The predicted molar refractivity (Wildman–Crippen MR) is 72.4 cm³/mol. The first-order valence-corrected chi connectivity index (χ1v) is 7.11. The lowest BCUT2D eigenvalue weighted by molar-refractivity contribution is 0.441. The van der Waals surface area contributed by atoms with E-state index in [1.807, 2.05) is 12.1 Å². The number of hydrogen-bond donors (Lipinski definition) is 2. The van der Waals surface area contributed by atoms with Crippen LogP contribution in [0.1, 0.15) is 37.3 Å². The third kappa shape index (κ3) is 2.44. The molecule has 4 heteroatoms. The highest BCUT2D eigenvalue weighted by molar-refractivity contribution is 9.11. The van der Waals surface area contributed by atoms with Crippen molar-refractivity contribution >= 4 is 31.9 Å². The van der Waals surface area contributed by atoms with Crippen molar-refractivity contribution in [3.05, 3.63) is 26.6 Å². The molecule has 2 rings (SSSR count). The summed E-state index contributed by atoms with van der Waals surface area (Å²) in [4.78, 5) is 0. The van der Waals surface area contributed by atoms with Crippen molar-refractivity contribution in [1.82, 2.24) is 0 Å². The van der Waals surface area contributed by atoms with Crippen LogP contribution >= 0.6 is 31.9 Å². The number of halogens is 2. The molecule has 0 radical (unpaired) electrons. The monoisotopic (exact) mass is 347 g/mol. The second-order valence-electron chi connectivity index (χ2n) is 4.40. The molecule has 1 aromatic rings.